The number of hydrogen-bond acceptors (Lipinski definition) is 5. The van der Waals surface area contributed by atoms with Gasteiger partial charge in [0.15, 0.2) is 6.10 Å². The summed E-state index contributed by atoms with van der Waals surface area (Å²) < 4.78 is 37.8. The number of rotatable bonds is 15. The lowest BCUT2D eigenvalue weighted by Crippen LogP contribution is -3.07. The maximum atomic E-state index is 11.8. The van der Waals surface area contributed by atoms with Gasteiger partial charge in [-0.1, -0.05) is 58.3 Å². The van der Waals surface area contributed by atoms with E-state index in [0.29, 0.717) is 6.54 Å². The van der Waals surface area contributed by atoms with E-state index in [1.807, 2.05) is 14.1 Å². The number of unbranched alkanes of at least 4 members (excludes halogenated alkanes) is 8. The summed E-state index contributed by atoms with van der Waals surface area (Å²) in [6.45, 7) is 2.51. The van der Waals surface area contributed by atoms with Crippen LogP contribution in [0.3, 0.4) is 0 Å². The third-order valence-electron chi connectivity index (χ3n) is 3.81. The molecule has 144 valence electrons. The molecule has 0 heterocycles. The van der Waals surface area contributed by atoms with Crippen molar-refractivity contribution < 1.29 is 27.4 Å². The van der Waals surface area contributed by atoms with Gasteiger partial charge in [0.1, 0.15) is 6.54 Å². The van der Waals surface area contributed by atoms with E-state index in [-0.39, 0.29) is 6.42 Å². The van der Waals surface area contributed by atoms with Crippen LogP contribution >= 0.6 is 0 Å². The Hall–Kier alpha value is -0.660. The first-order valence-corrected chi connectivity index (χ1v) is 10.7. The van der Waals surface area contributed by atoms with Gasteiger partial charge in [-0.2, -0.15) is 0 Å². The number of ether oxygens (including phenoxy) is 1. The van der Waals surface area contributed by atoms with Crippen LogP contribution in [0.2, 0.25) is 0 Å². The maximum absolute atomic E-state index is 11.8. The van der Waals surface area contributed by atoms with E-state index in [4.69, 9.17) is 4.74 Å². The average Bonchev–Trinajstić information content (AvgIpc) is 2.42. The molecule has 1 unspecified atom stereocenters. The Morgan fingerprint density at radius 2 is 1.50 bits per heavy atom. The Labute approximate surface area is 147 Å². The molecule has 0 aliphatic rings. The van der Waals surface area contributed by atoms with Crippen LogP contribution < -0.4 is 4.90 Å². The van der Waals surface area contributed by atoms with Gasteiger partial charge in [0.2, 0.25) is 0 Å². The van der Waals surface area contributed by atoms with Crippen molar-refractivity contribution in [2.45, 2.75) is 77.2 Å². The van der Waals surface area contributed by atoms with Crippen LogP contribution in [0.4, 0.5) is 0 Å². The Bertz CT molecular complexity index is 423. The highest BCUT2D eigenvalue weighted by atomic mass is 32.2. The number of hydrogen-bond donors (Lipinski definition) is 1. The molecule has 0 aromatic heterocycles. The molecular formula is C17H35NO5S. The van der Waals surface area contributed by atoms with Gasteiger partial charge in [-0.3, -0.25) is 4.79 Å². The molecule has 0 aromatic carbocycles. The van der Waals surface area contributed by atoms with E-state index in [1.165, 1.54) is 38.5 Å². The van der Waals surface area contributed by atoms with Crippen LogP contribution in [0.5, 0.6) is 0 Å². The fraction of sp³-hybridized carbons (Fsp3) is 0.941. The van der Waals surface area contributed by atoms with Crippen LogP contribution in [-0.4, -0.2) is 51.4 Å². The number of nitrogens with one attached hydrogen (secondary N) is 1. The first kappa shape index (κ1) is 23.3. The topological polar surface area (TPSA) is 87.9 Å². The normalized spacial score (nSPS) is 13.2. The minimum atomic E-state index is -4.40. The highest BCUT2D eigenvalue weighted by Gasteiger charge is 2.20. The van der Waals surface area contributed by atoms with E-state index >= 15 is 0 Å². The number of likely N-dealkylation sites (N-methyl/N-ethyl adjacent to an activating group) is 1. The summed E-state index contributed by atoms with van der Waals surface area (Å²) in [6.07, 6.45) is 9.86. The molecule has 6 nitrogen and oxygen atoms in total. The Kier molecular flexibility index (Phi) is 13.2. The zero-order chi connectivity index (χ0) is 18.4. The molecule has 0 aliphatic carbocycles. The van der Waals surface area contributed by atoms with Crippen molar-refractivity contribution in [2.75, 3.05) is 26.4 Å². The second kappa shape index (κ2) is 13.6. The van der Waals surface area contributed by atoms with Crippen molar-refractivity contribution in [1.82, 2.24) is 0 Å². The van der Waals surface area contributed by atoms with Crippen LogP contribution in [0.25, 0.3) is 0 Å². The van der Waals surface area contributed by atoms with Gasteiger partial charge >= 0.3 is 5.97 Å². The smallest absolute Gasteiger partial charge is 0.306 e. The zero-order valence-corrected chi connectivity index (χ0v) is 16.3. The summed E-state index contributed by atoms with van der Waals surface area (Å²) in [5.74, 6) is -1.06. The molecule has 1 N–H and O–H groups in total. The van der Waals surface area contributed by atoms with Crippen molar-refractivity contribution >= 4 is 16.1 Å². The van der Waals surface area contributed by atoms with Crippen molar-refractivity contribution in [3.8, 4) is 0 Å². The standard InChI is InChI=1S/C17H35NO5S/c1-4-5-6-7-8-9-10-11-12-13-17(19)23-16(14-18(2)3)15-24(20,21)22/h16H,4-15H2,1-3H3,(H,20,21,22). The summed E-state index contributed by atoms with van der Waals surface area (Å²) in [4.78, 5) is 12.7. The fourth-order valence-corrected chi connectivity index (χ4v) is 3.28. The number of carbonyl (C=O) groups excluding carboxylic acids is 1. The van der Waals surface area contributed by atoms with Crippen molar-refractivity contribution in [3.63, 3.8) is 0 Å². The van der Waals surface area contributed by atoms with Crippen molar-refractivity contribution in [1.29, 1.82) is 0 Å². The van der Waals surface area contributed by atoms with E-state index < -0.39 is 27.9 Å². The van der Waals surface area contributed by atoms with Crippen LogP contribution in [-0.2, 0) is 19.6 Å². The van der Waals surface area contributed by atoms with Gasteiger partial charge in [0.25, 0.3) is 0 Å². The predicted octanol–water partition coefficient (Wildman–Crippen LogP) is 1.51. The molecule has 0 amide bonds. The molecule has 0 radical (unpaired) electrons. The minimum absolute atomic E-state index is 0.286. The molecule has 0 fully saturated rings. The van der Waals surface area contributed by atoms with Gasteiger partial charge in [-0.25, -0.2) is 8.42 Å². The summed E-state index contributed by atoms with van der Waals surface area (Å²) in [6, 6.07) is 0. The molecule has 24 heavy (non-hydrogen) atoms. The summed E-state index contributed by atoms with van der Waals surface area (Å²) in [5.41, 5.74) is 0. The number of esters is 1. The lowest BCUT2D eigenvalue weighted by atomic mass is 10.1. The fourth-order valence-electron chi connectivity index (χ4n) is 2.64. The zero-order valence-electron chi connectivity index (χ0n) is 15.5. The Balaban J connectivity index is 3.84. The second-order valence-electron chi connectivity index (χ2n) is 6.83. The van der Waals surface area contributed by atoms with E-state index in [2.05, 4.69) is 6.92 Å². The Morgan fingerprint density at radius 1 is 1.00 bits per heavy atom. The van der Waals surface area contributed by atoms with Crippen LogP contribution in [0.15, 0.2) is 0 Å². The monoisotopic (exact) mass is 365 g/mol. The SMILES string of the molecule is CCCCCCCCCCCC(=O)OC(C[NH+](C)C)CS(=O)(=O)[O-]. The highest BCUT2D eigenvalue weighted by molar-refractivity contribution is 7.85. The van der Waals surface area contributed by atoms with E-state index in [1.54, 1.807) is 0 Å². The molecule has 7 heteroatoms. The third kappa shape index (κ3) is 16.2. The maximum Gasteiger partial charge on any atom is 0.306 e. The molecular weight excluding hydrogens is 330 g/mol. The van der Waals surface area contributed by atoms with Gasteiger partial charge in [0, 0.05) is 6.42 Å². The largest absolute Gasteiger partial charge is 0.748 e. The quantitative estimate of drug-likeness (QED) is 0.270. The average molecular weight is 366 g/mol. The Morgan fingerprint density at radius 3 is 1.96 bits per heavy atom. The molecule has 0 aliphatic heterocycles. The molecule has 0 saturated carbocycles. The third-order valence-corrected chi connectivity index (χ3v) is 4.59. The predicted molar refractivity (Wildman–Crippen MR) is 94.0 cm³/mol. The van der Waals surface area contributed by atoms with Gasteiger partial charge in [-0.15, -0.1) is 0 Å². The molecule has 0 aromatic rings. The van der Waals surface area contributed by atoms with Crippen molar-refractivity contribution in [3.05, 3.63) is 0 Å². The highest BCUT2D eigenvalue weighted by Crippen LogP contribution is 2.11. The second-order valence-corrected chi connectivity index (χ2v) is 8.27. The van der Waals surface area contributed by atoms with E-state index in [0.717, 1.165) is 24.2 Å². The summed E-state index contributed by atoms with van der Waals surface area (Å²) >= 11 is 0. The molecule has 0 bridgehead atoms. The van der Waals surface area contributed by atoms with Crippen LogP contribution in [0.1, 0.15) is 71.1 Å². The number of quaternary nitrogens is 1. The molecule has 1 atom stereocenters. The van der Waals surface area contributed by atoms with Gasteiger partial charge in [-0.05, 0) is 6.42 Å². The lowest BCUT2D eigenvalue weighted by molar-refractivity contribution is -0.861. The molecule has 0 spiro atoms. The molecule has 0 rings (SSSR count). The lowest BCUT2D eigenvalue weighted by Gasteiger charge is -2.20. The van der Waals surface area contributed by atoms with E-state index in [9.17, 15) is 17.8 Å². The minimum Gasteiger partial charge on any atom is -0.748 e. The summed E-state index contributed by atoms with van der Waals surface area (Å²) in [5, 5.41) is 0. The van der Waals surface area contributed by atoms with Gasteiger partial charge < -0.3 is 14.2 Å². The molecule has 0 saturated heterocycles. The number of carbonyl (C=O) groups is 1. The first-order valence-electron chi connectivity index (χ1n) is 9.16. The van der Waals surface area contributed by atoms with Crippen molar-refractivity contribution in [2.24, 2.45) is 0 Å². The summed E-state index contributed by atoms with van der Waals surface area (Å²) in [7, 11) is -0.761. The van der Waals surface area contributed by atoms with Gasteiger partial charge in [0.05, 0.1) is 30.0 Å². The van der Waals surface area contributed by atoms with Crippen LogP contribution in [0, 0.1) is 0 Å². The first-order chi connectivity index (χ1) is 11.2.